The van der Waals surface area contributed by atoms with Gasteiger partial charge in [0.05, 0.1) is 27.0 Å². The number of benzene rings is 1. The second-order valence-electron chi connectivity index (χ2n) is 7.19. The van der Waals surface area contributed by atoms with Crippen LogP contribution in [0.1, 0.15) is 20.8 Å². The van der Waals surface area contributed by atoms with Crippen LogP contribution in [0.4, 0.5) is 24.5 Å². The lowest BCUT2D eigenvalue weighted by atomic mass is 10.1. The predicted octanol–water partition coefficient (Wildman–Crippen LogP) is 2.05. The normalized spacial score (nSPS) is 17.3. The van der Waals surface area contributed by atoms with Crippen molar-refractivity contribution in [2.75, 3.05) is 42.1 Å². The van der Waals surface area contributed by atoms with Crippen molar-refractivity contribution in [3.63, 3.8) is 0 Å². The topological polar surface area (TPSA) is 107 Å². The minimum Gasteiger partial charge on any atom is -0.373 e. The maximum Gasteiger partial charge on any atom is 0.426 e. The van der Waals surface area contributed by atoms with Crippen molar-refractivity contribution in [3.8, 4) is 0 Å². The van der Waals surface area contributed by atoms with Crippen molar-refractivity contribution in [3.05, 3.63) is 17.2 Å². The van der Waals surface area contributed by atoms with Crippen LogP contribution < -0.4 is 10.2 Å². The van der Waals surface area contributed by atoms with Gasteiger partial charge in [-0.05, 0) is 19.1 Å². The van der Waals surface area contributed by atoms with Crippen molar-refractivity contribution in [1.29, 1.82) is 0 Å². The van der Waals surface area contributed by atoms with Crippen molar-refractivity contribution >= 4 is 44.6 Å². The molecular weight excluding hydrogens is 463 g/mol. The summed E-state index contributed by atoms with van der Waals surface area (Å²) in [5.74, 6) is -2.17. The Morgan fingerprint density at radius 3 is 2.19 bits per heavy atom. The Bertz CT molecular complexity index is 974. The van der Waals surface area contributed by atoms with Crippen molar-refractivity contribution in [2.24, 2.45) is 0 Å². The number of carbonyl (C=O) groups excluding carboxylic acids is 2. The Balaban J connectivity index is 2.50. The fourth-order valence-electron chi connectivity index (χ4n) is 2.96. The molecule has 1 aromatic rings. The maximum atomic E-state index is 13.0. The molecule has 2 N–H and O–H groups in total. The molecular formula is C18H23ClF3N3O5S. The van der Waals surface area contributed by atoms with Crippen LogP contribution in [-0.4, -0.2) is 73.9 Å². The second-order valence-corrected chi connectivity index (χ2v) is 9.82. The molecule has 1 unspecified atom stereocenters. The fraction of sp³-hybridized carbons (Fsp3) is 0.556. The maximum absolute atomic E-state index is 13.0. The minimum atomic E-state index is -5.24. The van der Waals surface area contributed by atoms with E-state index in [4.69, 9.17) is 11.6 Å². The average molecular weight is 486 g/mol. The number of alkyl halides is 3. The number of sulfone groups is 1. The van der Waals surface area contributed by atoms with Gasteiger partial charge >= 0.3 is 6.18 Å². The Kier molecular flexibility index (Phi) is 7.18. The van der Waals surface area contributed by atoms with Gasteiger partial charge in [-0.1, -0.05) is 18.5 Å². The van der Waals surface area contributed by atoms with Gasteiger partial charge in [-0.3, -0.25) is 9.59 Å². The third-order valence-corrected chi connectivity index (χ3v) is 7.22. The number of hydrogen-bond acceptors (Lipinski definition) is 6. The number of anilines is 2. The van der Waals surface area contributed by atoms with Crippen molar-refractivity contribution < 1.29 is 36.3 Å². The predicted molar refractivity (Wildman–Crippen MR) is 109 cm³/mol. The van der Waals surface area contributed by atoms with Gasteiger partial charge in [0.1, 0.15) is 0 Å². The molecule has 0 bridgehead atoms. The third kappa shape index (κ3) is 5.07. The lowest BCUT2D eigenvalue weighted by Gasteiger charge is -2.37. The zero-order chi connectivity index (χ0) is 23.8. The van der Waals surface area contributed by atoms with Crippen LogP contribution in [0.3, 0.4) is 0 Å². The van der Waals surface area contributed by atoms with Gasteiger partial charge in [-0.25, -0.2) is 8.42 Å². The Hall–Kier alpha value is -2.05. The van der Waals surface area contributed by atoms with Crippen molar-refractivity contribution in [2.45, 2.75) is 37.4 Å². The molecule has 1 heterocycles. The summed E-state index contributed by atoms with van der Waals surface area (Å²) in [7, 11) is -3.78. The molecule has 2 amide bonds. The van der Waals surface area contributed by atoms with Gasteiger partial charge in [0.25, 0.3) is 5.91 Å². The highest BCUT2D eigenvalue weighted by Gasteiger charge is 2.55. The average Bonchev–Trinajstić information content (AvgIpc) is 2.68. The van der Waals surface area contributed by atoms with E-state index in [9.17, 15) is 36.3 Å². The molecule has 31 heavy (non-hydrogen) atoms. The van der Waals surface area contributed by atoms with Crippen LogP contribution in [0.25, 0.3) is 0 Å². The first kappa shape index (κ1) is 25.2. The minimum absolute atomic E-state index is 0.0242. The number of halogens is 4. The summed E-state index contributed by atoms with van der Waals surface area (Å²) in [6.45, 7) is 4.16. The van der Waals surface area contributed by atoms with Crippen LogP contribution in [0.5, 0.6) is 0 Å². The smallest absolute Gasteiger partial charge is 0.373 e. The standard InChI is InChI=1S/C18H23ClF3N3O5S/c1-4-31(29,30)13-6-5-12(23-16(27)17(3,28)18(20,21)22)14(19)15(13)25-9-7-24(8-10-25)11(2)26/h5-6,28H,4,7-10H2,1-3H3,(H,23,27). The van der Waals surface area contributed by atoms with Gasteiger partial charge in [-0.15, -0.1) is 0 Å². The molecule has 0 radical (unpaired) electrons. The molecule has 1 saturated heterocycles. The number of rotatable bonds is 5. The van der Waals surface area contributed by atoms with E-state index in [2.05, 4.69) is 0 Å². The molecule has 0 aliphatic carbocycles. The van der Waals surface area contributed by atoms with E-state index in [-0.39, 0.29) is 59.1 Å². The summed E-state index contributed by atoms with van der Waals surface area (Å²) in [5.41, 5.74) is -3.94. The van der Waals surface area contributed by atoms with E-state index < -0.39 is 27.5 Å². The number of aliphatic hydroxyl groups is 1. The van der Waals surface area contributed by atoms with E-state index in [1.54, 1.807) is 9.80 Å². The van der Waals surface area contributed by atoms with Gasteiger partial charge in [0.2, 0.25) is 11.5 Å². The molecule has 1 aromatic carbocycles. The van der Waals surface area contributed by atoms with Gasteiger partial charge in [0.15, 0.2) is 9.84 Å². The Morgan fingerprint density at radius 2 is 1.74 bits per heavy atom. The number of piperazine rings is 1. The van der Waals surface area contributed by atoms with Gasteiger partial charge < -0.3 is 20.2 Å². The van der Waals surface area contributed by atoms with Gasteiger partial charge in [-0.2, -0.15) is 13.2 Å². The van der Waals surface area contributed by atoms with E-state index in [0.29, 0.717) is 6.92 Å². The van der Waals surface area contributed by atoms with Crippen LogP contribution in [0, 0.1) is 0 Å². The van der Waals surface area contributed by atoms with Crippen LogP contribution in [0.15, 0.2) is 17.0 Å². The first-order chi connectivity index (χ1) is 14.1. The van der Waals surface area contributed by atoms with Crippen LogP contribution in [0.2, 0.25) is 5.02 Å². The van der Waals surface area contributed by atoms with E-state index in [0.717, 1.165) is 12.1 Å². The molecule has 0 aromatic heterocycles. The first-order valence-electron chi connectivity index (χ1n) is 9.29. The molecule has 174 valence electrons. The third-order valence-electron chi connectivity index (χ3n) is 5.08. The zero-order valence-electron chi connectivity index (χ0n) is 17.1. The van der Waals surface area contributed by atoms with E-state index >= 15 is 0 Å². The first-order valence-corrected chi connectivity index (χ1v) is 11.3. The van der Waals surface area contributed by atoms with Crippen LogP contribution >= 0.6 is 11.6 Å². The molecule has 1 aliphatic heterocycles. The summed E-state index contributed by atoms with van der Waals surface area (Å²) in [6, 6.07) is 2.22. The zero-order valence-corrected chi connectivity index (χ0v) is 18.7. The van der Waals surface area contributed by atoms with Crippen LogP contribution in [-0.2, 0) is 19.4 Å². The molecule has 13 heteroatoms. The number of carbonyl (C=O) groups is 2. The number of hydrogen-bond donors (Lipinski definition) is 2. The highest BCUT2D eigenvalue weighted by molar-refractivity contribution is 7.91. The molecule has 0 saturated carbocycles. The second kappa shape index (κ2) is 8.83. The quantitative estimate of drug-likeness (QED) is 0.661. The summed E-state index contributed by atoms with van der Waals surface area (Å²) in [5, 5.41) is 11.2. The highest BCUT2D eigenvalue weighted by atomic mass is 35.5. The lowest BCUT2D eigenvalue weighted by molar-refractivity contribution is -0.242. The SMILES string of the molecule is CCS(=O)(=O)c1ccc(NC(=O)C(C)(O)C(F)(F)F)c(Cl)c1N1CCN(C(C)=O)CC1. The summed E-state index contributed by atoms with van der Waals surface area (Å²) < 4.78 is 64.1. The van der Waals surface area contributed by atoms with E-state index in [1.807, 2.05) is 5.32 Å². The summed E-state index contributed by atoms with van der Waals surface area (Å²) in [6.07, 6.45) is -5.24. The fourth-order valence-corrected chi connectivity index (χ4v) is 4.46. The van der Waals surface area contributed by atoms with Crippen molar-refractivity contribution in [1.82, 2.24) is 4.90 Å². The Labute approximate surface area is 182 Å². The van der Waals surface area contributed by atoms with Gasteiger partial charge in [0, 0.05) is 33.1 Å². The molecule has 0 spiro atoms. The lowest BCUT2D eigenvalue weighted by Crippen LogP contribution is -2.52. The summed E-state index contributed by atoms with van der Waals surface area (Å²) >= 11 is 6.35. The highest BCUT2D eigenvalue weighted by Crippen LogP contribution is 2.40. The molecule has 1 fully saturated rings. The number of nitrogens with zero attached hydrogens (tertiary/aromatic N) is 2. The molecule has 1 atom stereocenters. The largest absolute Gasteiger partial charge is 0.426 e. The molecule has 8 nitrogen and oxygen atoms in total. The number of amides is 2. The van der Waals surface area contributed by atoms with E-state index in [1.165, 1.54) is 13.8 Å². The Morgan fingerprint density at radius 1 is 1.19 bits per heavy atom. The number of nitrogens with one attached hydrogen (secondary N) is 1. The monoisotopic (exact) mass is 485 g/mol. The molecule has 1 aliphatic rings. The summed E-state index contributed by atoms with van der Waals surface area (Å²) in [4.78, 5) is 26.6. The molecule has 2 rings (SSSR count).